The standard InChI is InChI=1S/C27H29N3O2S/c1-19-6-10-21(11-7-19)29-26(31)25-23-4-2-3-5-24(23)33-27(25)28-18-20-8-12-22(13-9-20)30-14-16-32-17-15-30/h6-13,18H,2-5,14-17H2,1H3,(H,29,31). The fourth-order valence-corrected chi connectivity index (χ4v) is 5.66. The van der Waals surface area contributed by atoms with Crippen LogP contribution in [0.4, 0.5) is 16.4 Å². The summed E-state index contributed by atoms with van der Waals surface area (Å²) in [6, 6.07) is 16.4. The second-order valence-corrected chi connectivity index (χ2v) is 9.74. The number of nitrogens with zero attached hydrogens (tertiary/aromatic N) is 2. The molecule has 2 heterocycles. The molecule has 5 nitrogen and oxygen atoms in total. The van der Waals surface area contributed by atoms with E-state index in [0.717, 1.165) is 67.4 Å². The first-order chi connectivity index (χ1) is 16.2. The van der Waals surface area contributed by atoms with Gasteiger partial charge in [-0.2, -0.15) is 0 Å². The van der Waals surface area contributed by atoms with Gasteiger partial charge in [-0.1, -0.05) is 29.8 Å². The molecule has 1 aliphatic heterocycles. The number of rotatable bonds is 5. The number of morpholine rings is 1. The maximum Gasteiger partial charge on any atom is 0.259 e. The molecule has 0 saturated carbocycles. The highest BCUT2D eigenvalue weighted by atomic mass is 32.1. The van der Waals surface area contributed by atoms with Crippen LogP contribution in [-0.4, -0.2) is 38.4 Å². The van der Waals surface area contributed by atoms with Crippen molar-refractivity contribution in [2.75, 3.05) is 36.5 Å². The molecule has 0 radical (unpaired) electrons. The summed E-state index contributed by atoms with van der Waals surface area (Å²) in [6.45, 7) is 5.45. The largest absolute Gasteiger partial charge is 0.378 e. The first-order valence-corrected chi connectivity index (χ1v) is 12.5. The van der Waals surface area contributed by atoms with Crippen molar-refractivity contribution in [1.82, 2.24) is 0 Å². The highest BCUT2D eigenvalue weighted by Gasteiger charge is 2.25. The number of thiophene rings is 1. The average Bonchev–Trinajstić information content (AvgIpc) is 3.23. The van der Waals surface area contributed by atoms with Gasteiger partial charge in [-0.05, 0) is 68.0 Å². The van der Waals surface area contributed by atoms with Crippen LogP contribution in [-0.2, 0) is 17.6 Å². The van der Waals surface area contributed by atoms with Crippen molar-refractivity contribution in [2.45, 2.75) is 32.6 Å². The van der Waals surface area contributed by atoms with E-state index in [0.29, 0.717) is 0 Å². The maximum atomic E-state index is 13.3. The number of amides is 1. The van der Waals surface area contributed by atoms with Gasteiger partial charge in [0, 0.05) is 35.6 Å². The van der Waals surface area contributed by atoms with E-state index < -0.39 is 0 Å². The summed E-state index contributed by atoms with van der Waals surface area (Å²) in [6.07, 6.45) is 6.17. The Labute approximate surface area is 199 Å². The van der Waals surface area contributed by atoms with Crippen molar-refractivity contribution < 1.29 is 9.53 Å². The molecule has 5 rings (SSSR count). The van der Waals surface area contributed by atoms with Gasteiger partial charge < -0.3 is 15.0 Å². The van der Waals surface area contributed by atoms with Gasteiger partial charge in [-0.3, -0.25) is 4.79 Å². The number of hydrogen-bond acceptors (Lipinski definition) is 5. The van der Waals surface area contributed by atoms with E-state index in [1.165, 1.54) is 28.1 Å². The Kier molecular flexibility index (Phi) is 6.55. The summed E-state index contributed by atoms with van der Waals surface area (Å²) < 4.78 is 5.45. The summed E-state index contributed by atoms with van der Waals surface area (Å²) in [5, 5.41) is 3.89. The lowest BCUT2D eigenvalue weighted by atomic mass is 9.95. The summed E-state index contributed by atoms with van der Waals surface area (Å²) in [7, 11) is 0. The summed E-state index contributed by atoms with van der Waals surface area (Å²) in [5.74, 6) is -0.0620. The molecule has 0 atom stereocenters. The second kappa shape index (κ2) is 9.89. The Morgan fingerprint density at radius 3 is 2.52 bits per heavy atom. The topological polar surface area (TPSA) is 53.9 Å². The monoisotopic (exact) mass is 459 g/mol. The molecule has 1 saturated heterocycles. The summed E-state index contributed by atoms with van der Waals surface area (Å²) >= 11 is 1.67. The van der Waals surface area contributed by atoms with E-state index in [1.54, 1.807) is 11.3 Å². The van der Waals surface area contributed by atoms with E-state index in [1.807, 2.05) is 37.4 Å². The predicted molar refractivity (Wildman–Crippen MR) is 137 cm³/mol. The lowest BCUT2D eigenvalue weighted by Crippen LogP contribution is -2.36. The third-order valence-electron chi connectivity index (χ3n) is 6.29. The smallest absolute Gasteiger partial charge is 0.259 e. The normalized spacial score (nSPS) is 16.1. The Bertz CT molecular complexity index is 1140. The summed E-state index contributed by atoms with van der Waals surface area (Å²) in [4.78, 5) is 21.7. The molecule has 3 aromatic rings. The fourth-order valence-electron chi connectivity index (χ4n) is 4.43. The molecular weight excluding hydrogens is 430 g/mol. The Morgan fingerprint density at radius 1 is 1.03 bits per heavy atom. The Hall–Kier alpha value is -2.96. The summed E-state index contributed by atoms with van der Waals surface area (Å²) in [5.41, 5.74) is 6.16. The first kappa shape index (κ1) is 21.9. The van der Waals surface area contributed by atoms with Gasteiger partial charge in [0.25, 0.3) is 5.91 Å². The molecule has 1 aliphatic carbocycles. The number of anilines is 2. The van der Waals surface area contributed by atoms with Crippen molar-refractivity contribution in [3.05, 3.63) is 75.7 Å². The van der Waals surface area contributed by atoms with Crippen LogP contribution in [0.1, 0.15) is 44.8 Å². The zero-order chi connectivity index (χ0) is 22.6. The molecule has 0 unspecified atom stereocenters. The number of ether oxygens (including phenoxy) is 1. The van der Waals surface area contributed by atoms with E-state index in [4.69, 9.17) is 9.73 Å². The highest BCUT2D eigenvalue weighted by Crippen LogP contribution is 2.40. The minimum Gasteiger partial charge on any atom is -0.378 e. The van der Waals surface area contributed by atoms with Crippen LogP contribution >= 0.6 is 11.3 Å². The van der Waals surface area contributed by atoms with Crippen LogP contribution < -0.4 is 10.2 Å². The molecule has 33 heavy (non-hydrogen) atoms. The van der Waals surface area contributed by atoms with Gasteiger partial charge in [0.15, 0.2) is 0 Å². The second-order valence-electron chi connectivity index (χ2n) is 8.66. The van der Waals surface area contributed by atoms with Crippen molar-refractivity contribution in [3.8, 4) is 0 Å². The van der Waals surface area contributed by atoms with Crippen LogP contribution in [0.15, 0.2) is 53.5 Å². The maximum absolute atomic E-state index is 13.3. The zero-order valence-electron chi connectivity index (χ0n) is 19.0. The van der Waals surface area contributed by atoms with E-state index in [-0.39, 0.29) is 5.91 Å². The van der Waals surface area contributed by atoms with Crippen LogP contribution in [0.25, 0.3) is 0 Å². The van der Waals surface area contributed by atoms with Crippen molar-refractivity contribution in [1.29, 1.82) is 0 Å². The van der Waals surface area contributed by atoms with E-state index in [9.17, 15) is 4.79 Å². The number of aliphatic imine (C=N–C) groups is 1. The average molecular weight is 460 g/mol. The molecule has 0 bridgehead atoms. The lowest BCUT2D eigenvalue weighted by molar-refractivity contribution is 0.102. The number of fused-ring (bicyclic) bond motifs is 1. The van der Waals surface area contributed by atoms with Gasteiger partial charge in [0.2, 0.25) is 0 Å². The number of benzene rings is 2. The van der Waals surface area contributed by atoms with Gasteiger partial charge in [-0.25, -0.2) is 4.99 Å². The van der Waals surface area contributed by atoms with Gasteiger partial charge >= 0.3 is 0 Å². The van der Waals surface area contributed by atoms with Crippen molar-refractivity contribution in [3.63, 3.8) is 0 Å². The molecule has 6 heteroatoms. The lowest BCUT2D eigenvalue weighted by Gasteiger charge is -2.28. The zero-order valence-corrected chi connectivity index (χ0v) is 19.8. The third kappa shape index (κ3) is 5.02. The molecule has 170 valence electrons. The number of nitrogens with one attached hydrogen (secondary N) is 1. The number of carbonyl (C=O) groups excluding carboxylic acids is 1. The molecular formula is C27H29N3O2S. The minimum atomic E-state index is -0.0620. The SMILES string of the molecule is Cc1ccc(NC(=O)c2c(N=Cc3ccc(N4CCOCC4)cc3)sc3c2CCCC3)cc1. The molecule has 0 spiro atoms. The number of hydrogen-bond donors (Lipinski definition) is 1. The number of carbonyl (C=O) groups is 1. The Balaban J connectivity index is 1.38. The first-order valence-electron chi connectivity index (χ1n) is 11.7. The molecule has 1 amide bonds. The fraction of sp³-hybridized carbons (Fsp3) is 0.333. The van der Waals surface area contributed by atoms with Gasteiger partial charge in [-0.15, -0.1) is 11.3 Å². The van der Waals surface area contributed by atoms with Crippen LogP contribution in [0.5, 0.6) is 0 Å². The molecule has 1 fully saturated rings. The predicted octanol–water partition coefficient (Wildman–Crippen LogP) is 5.77. The molecule has 2 aliphatic rings. The van der Waals surface area contributed by atoms with Gasteiger partial charge in [0.1, 0.15) is 5.00 Å². The minimum absolute atomic E-state index is 0.0620. The highest BCUT2D eigenvalue weighted by molar-refractivity contribution is 7.16. The van der Waals surface area contributed by atoms with E-state index in [2.05, 4.69) is 34.5 Å². The van der Waals surface area contributed by atoms with Crippen molar-refractivity contribution in [2.24, 2.45) is 4.99 Å². The van der Waals surface area contributed by atoms with Crippen LogP contribution in [0, 0.1) is 6.92 Å². The molecule has 1 aromatic heterocycles. The number of aryl methyl sites for hydroxylation is 2. The van der Waals surface area contributed by atoms with Crippen LogP contribution in [0.3, 0.4) is 0 Å². The quantitative estimate of drug-likeness (QED) is 0.493. The molecule has 1 N–H and O–H groups in total. The molecule has 2 aromatic carbocycles. The van der Waals surface area contributed by atoms with E-state index >= 15 is 0 Å². The van der Waals surface area contributed by atoms with Crippen LogP contribution in [0.2, 0.25) is 0 Å². The van der Waals surface area contributed by atoms with Gasteiger partial charge in [0.05, 0.1) is 18.8 Å². The third-order valence-corrected chi connectivity index (χ3v) is 7.49. The van der Waals surface area contributed by atoms with Crippen molar-refractivity contribution >= 4 is 39.8 Å². The Morgan fingerprint density at radius 2 is 1.76 bits per heavy atom.